The molecule has 0 aromatic heterocycles. The Kier molecular flexibility index (Phi) is 2.98. The first-order valence-electron chi connectivity index (χ1n) is 4.91. The van der Waals surface area contributed by atoms with Gasteiger partial charge in [-0.05, 0) is 11.6 Å². The molecule has 1 aliphatic heterocycles. The second kappa shape index (κ2) is 4.60. The van der Waals surface area contributed by atoms with E-state index in [1.165, 1.54) is 0 Å². The van der Waals surface area contributed by atoms with E-state index in [1.54, 1.807) is 6.26 Å². The van der Waals surface area contributed by atoms with E-state index in [-0.39, 0.29) is 12.0 Å². The number of hydrogen-bond acceptors (Lipinski definition) is 2. The molecule has 0 saturated carbocycles. The molecule has 2 unspecified atom stereocenters. The van der Waals surface area contributed by atoms with Crippen LogP contribution in [0.15, 0.2) is 48.7 Å². The Morgan fingerprint density at radius 3 is 2.73 bits per heavy atom. The van der Waals surface area contributed by atoms with Crippen LogP contribution in [0.25, 0.3) is 6.08 Å². The van der Waals surface area contributed by atoms with Crippen LogP contribution in [0, 0.1) is 5.92 Å². The lowest BCUT2D eigenvalue weighted by atomic mass is 10.0. The molecular formula is C13H12O2. The lowest BCUT2D eigenvalue weighted by Crippen LogP contribution is -2.15. The number of aldehydes is 1. The summed E-state index contributed by atoms with van der Waals surface area (Å²) in [6.07, 6.45) is 7.93. The highest BCUT2D eigenvalue weighted by Gasteiger charge is 2.20. The predicted octanol–water partition coefficient (Wildman–Crippen LogP) is 2.43. The van der Waals surface area contributed by atoms with Gasteiger partial charge in [0.2, 0.25) is 0 Å². The molecule has 0 radical (unpaired) electrons. The molecule has 0 saturated heterocycles. The number of benzene rings is 1. The zero-order valence-electron chi connectivity index (χ0n) is 8.24. The predicted molar refractivity (Wildman–Crippen MR) is 59.0 cm³/mol. The summed E-state index contributed by atoms with van der Waals surface area (Å²) in [6, 6.07) is 9.98. The summed E-state index contributed by atoms with van der Waals surface area (Å²) < 4.78 is 5.10. The van der Waals surface area contributed by atoms with Crippen molar-refractivity contribution in [2.75, 3.05) is 0 Å². The van der Waals surface area contributed by atoms with Gasteiger partial charge in [0.05, 0.1) is 6.26 Å². The maximum Gasteiger partial charge on any atom is 0.162 e. The van der Waals surface area contributed by atoms with E-state index in [2.05, 4.69) is 0 Å². The Morgan fingerprint density at radius 1 is 1.20 bits per heavy atom. The highest BCUT2D eigenvalue weighted by Crippen LogP contribution is 2.18. The summed E-state index contributed by atoms with van der Waals surface area (Å²) in [4.78, 5) is 10.6. The molecular weight excluding hydrogens is 188 g/mol. The van der Waals surface area contributed by atoms with Gasteiger partial charge in [-0.25, -0.2) is 0 Å². The standard InChI is InChI=1S/C13H12O2/c14-10-13-12(8-9-15-13)7-6-11-4-2-1-3-5-11/h1-10,12-13H. The summed E-state index contributed by atoms with van der Waals surface area (Å²) >= 11 is 0. The molecule has 1 aromatic carbocycles. The molecule has 76 valence electrons. The van der Waals surface area contributed by atoms with Crippen molar-refractivity contribution in [3.05, 3.63) is 54.3 Å². The van der Waals surface area contributed by atoms with E-state index in [1.807, 2.05) is 48.6 Å². The number of carbonyl (C=O) groups is 1. The van der Waals surface area contributed by atoms with Crippen molar-refractivity contribution in [3.8, 4) is 0 Å². The van der Waals surface area contributed by atoms with Gasteiger partial charge in [-0.3, -0.25) is 4.79 Å². The second-order valence-corrected chi connectivity index (χ2v) is 3.41. The normalized spacial score (nSPS) is 24.3. The van der Waals surface area contributed by atoms with E-state index in [4.69, 9.17) is 4.74 Å². The molecule has 1 aliphatic rings. The van der Waals surface area contributed by atoms with Gasteiger partial charge in [-0.2, -0.15) is 0 Å². The van der Waals surface area contributed by atoms with Crippen molar-refractivity contribution < 1.29 is 9.53 Å². The van der Waals surface area contributed by atoms with E-state index < -0.39 is 0 Å². The summed E-state index contributed by atoms with van der Waals surface area (Å²) in [7, 11) is 0. The Hall–Kier alpha value is -1.83. The molecule has 1 heterocycles. The van der Waals surface area contributed by atoms with Crippen molar-refractivity contribution in [3.63, 3.8) is 0 Å². The van der Waals surface area contributed by atoms with Gasteiger partial charge in [0.25, 0.3) is 0 Å². The maximum atomic E-state index is 10.6. The Bertz CT molecular complexity index is 379. The van der Waals surface area contributed by atoms with Crippen LogP contribution >= 0.6 is 0 Å². The molecule has 0 aliphatic carbocycles. The SMILES string of the molecule is O=CC1OC=CC1C=Cc1ccccc1. The number of rotatable bonds is 3. The van der Waals surface area contributed by atoms with Crippen LogP contribution in [-0.2, 0) is 9.53 Å². The van der Waals surface area contributed by atoms with E-state index in [0.717, 1.165) is 11.8 Å². The van der Waals surface area contributed by atoms with Gasteiger partial charge in [-0.1, -0.05) is 42.5 Å². The largest absolute Gasteiger partial charge is 0.490 e. The van der Waals surface area contributed by atoms with Crippen LogP contribution in [0.4, 0.5) is 0 Å². The third kappa shape index (κ3) is 2.34. The van der Waals surface area contributed by atoms with Crippen LogP contribution in [0.2, 0.25) is 0 Å². The van der Waals surface area contributed by atoms with E-state index in [9.17, 15) is 4.79 Å². The number of ether oxygens (including phenoxy) is 1. The van der Waals surface area contributed by atoms with E-state index in [0.29, 0.717) is 0 Å². The minimum absolute atomic E-state index is 0.0581. The summed E-state index contributed by atoms with van der Waals surface area (Å²) in [6.45, 7) is 0. The maximum absolute atomic E-state index is 10.6. The minimum atomic E-state index is -0.357. The molecule has 2 nitrogen and oxygen atoms in total. The second-order valence-electron chi connectivity index (χ2n) is 3.41. The lowest BCUT2D eigenvalue weighted by Gasteiger charge is -2.07. The molecule has 2 heteroatoms. The fourth-order valence-corrected chi connectivity index (χ4v) is 1.51. The van der Waals surface area contributed by atoms with Crippen molar-refractivity contribution in [2.24, 2.45) is 5.92 Å². The van der Waals surface area contributed by atoms with Gasteiger partial charge < -0.3 is 4.74 Å². The Balaban J connectivity index is 2.05. The minimum Gasteiger partial charge on any atom is -0.490 e. The molecule has 0 fully saturated rings. The van der Waals surface area contributed by atoms with Crippen molar-refractivity contribution in [1.82, 2.24) is 0 Å². The van der Waals surface area contributed by atoms with Crippen LogP contribution in [0.3, 0.4) is 0 Å². The highest BCUT2D eigenvalue weighted by atomic mass is 16.5. The average molecular weight is 200 g/mol. The smallest absolute Gasteiger partial charge is 0.162 e. The molecule has 0 bridgehead atoms. The van der Waals surface area contributed by atoms with Crippen LogP contribution in [0.5, 0.6) is 0 Å². The van der Waals surface area contributed by atoms with Gasteiger partial charge in [0.15, 0.2) is 12.4 Å². The first-order valence-corrected chi connectivity index (χ1v) is 4.91. The van der Waals surface area contributed by atoms with Crippen molar-refractivity contribution in [1.29, 1.82) is 0 Å². The number of carbonyl (C=O) groups excluding carboxylic acids is 1. The quantitative estimate of drug-likeness (QED) is 0.700. The van der Waals surface area contributed by atoms with Crippen LogP contribution < -0.4 is 0 Å². The third-order valence-electron chi connectivity index (χ3n) is 2.36. The van der Waals surface area contributed by atoms with Gasteiger partial charge in [-0.15, -0.1) is 0 Å². The molecule has 0 spiro atoms. The van der Waals surface area contributed by atoms with Crippen LogP contribution in [-0.4, -0.2) is 12.4 Å². The molecule has 0 N–H and O–H groups in total. The topological polar surface area (TPSA) is 26.3 Å². The first-order chi connectivity index (χ1) is 7.40. The average Bonchev–Trinajstić information content (AvgIpc) is 2.75. The lowest BCUT2D eigenvalue weighted by molar-refractivity contribution is -0.115. The zero-order chi connectivity index (χ0) is 10.5. The molecule has 15 heavy (non-hydrogen) atoms. The summed E-state index contributed by atoms with van der Waals surface area (Å²) in [5.74, 6) is 0.0581. The van der Waals surface area contributed by atoms with Crippen molar-refractivity contribution >= 4 is 12.4 Å². The number of hydrogen-bond donors (Lipinski definition) is 0. The molecule has 2 atom stereocenters. The van der Waals surface area contributed by atoms with Gasteiger partial charge >= 0.3 is 0 Å². The molecule has 1 aromatic rings. The Labute approximate surface area is 88.9 Å². The monoisotopic (exact) mass is 200 g/mol. The molecule has 0 amide bonds. The summed E-state index contributed by atoms with van der Waals surface area (Å²) in [5, 5.41) is 0. The van der Waals surface area contributed by atoms with Gasteiger partial charge in [0.1, 0.15) is 0 Å². The third-order valence-corrected chi connectivity index (χ3v) is 2.36. The highest BCUT2D eigenvalue weighted by molar-refractivity contribution is 5.60. The fraction of sp³-hybridized carbons (Fsp3) is 0.154. The first kappa shape index (κ1) is 9.71. The van der Waals surface area contributed by atoms with Crippen molar-refractivity contribution in [2.45, 2.75) is 6.10 Å². The fourth-order valence-electron chi connectivity index (χ4n) is 1.51. The summed E-state index contributed by atoms with van der Waals surface area (Å²) in [5.41, 5.74) is 1.13. The molecule has 2 rings (SSSR count). The zero-order valence-corrected chi connectivity index (χ0v) is 8.24. The Morgan fingerprint density at radius 2 is 2.00 bits per heavy atom. The van der Waals surface area contributed by atoms with Crippen LogP contribution in [0.1, 0.15) is 5.56 Å². The van der Waals surface area contributed by atoms with Gasteiger partial charge in [0, 0.05) is 5.92 Å². The van der Waals surface area contributed by atoms with E-state index >= 15 is 0 Å².